The van der Waals surface area contributed by atoms with Gasteiger partial charge in [0, 0.05) is 13.1 Å². The molecule has 0 bridgehead atoms. The summed E-state index contributed by atoms with van der Waals surface area (Å²) >= 11 is 1.40. The fourth-order valence-electron chi connectivity index (χ4n) is 3.09. The first-order valence-electron chi connectivity index (χ1n) is 10.4. The normalized spacial score (nSPS) is 11.5. The standard InChI is InChI=1S/C23H26FN3O3S2/c1-3-4-11-21-27-16(2)22(31-21)23(28)25-14-18-8-6-10-20(13-18)32(29,30)26-15-17-7-5-9-19(24)12-17/h5-10,12-13,26H,3-4,11,14-15H2,1-2H3,(H,25,28). The molecule has 3 aromatic rings. The highest BCUT2D eigenvalue weighted by molar-refractivity contribution is 7.89. The number of amides is 1. The van der Waals surface area contributed by atoms with Gasteiger partial charge in [0.05, 0.1) is 15.6 Å². The van der Waals surface area contributed by atoms with Crippen molar-refractivity contribution < 1.29 is 17.6 Å². The number of sulfonamides is 1. The molecule has 0 spiro atoms. The van der Waals surface area contributed by atoms with Gasteiger partial charge < -0.3 is 5.32 Å². The monoisotopic (exact) mass is 475 g/mol. The van der Waals surface area contributed by atoms with Crippen molar-refractivity contribution in [3.05, 3.63) is 81.1 Å². The van der Waals surface area contributed by atoms with Gasteiger partial charge in [-0.25, -0.2) is 22.5 Å². The van der Waals surface area contributed by atoms with Crippen molar-refractivity contribution >= 4 is 27.3 Å². The molecule has 170 valence electrons. The molecular weight excluding hydrogens is 449 g/mol. The highest BCUT2D eigenvalue weighted by Gasteiger charge is 2.17. The van der Waals surface area contributed by atoms with Gasteiger partial charge in [-0.1, -0.05) is 37.6 Å². The molecule has 1 amide bonds. The molecule has 3 rings (SSSR count). The summed E-state index contributed by atoms with van der Waals surface area (Å²) in [6.07, 6.45) is 2.96. The lowest BCUT2D eigenvalue weighted by Crippen LogP contribution is -2.24. The zero-order valence-electron chi connectivity index (χ0n) is 18.0. The summed E-state index contributed by atoms with van der Waals surface area (Å²) in [5.41, 5.74) is 1.88. The highest BCUT2D eigenvalue weighted by Crippen LogP contribution is 2.20. The van der Waals surface area contributed by atoms with Crippen LogP contribution in [0.1, 0.15) is 51.3 Å². The molecule has 0 aliphatic carbocycles. The molecule has 0 saturated carbocycles. The molecule has 1 aromatic heterocycles. The molecule has 6 nitrogen and oxygen atoms in total. The zero-order valence-corrected chi connectivity index (χ0v) is 19.7. The number of aryl methyl sites for hydroxylation is 2. The molecule has 0 fully saturated rings. The Labute approximate surface area is 192 Å². The van der Waals surface area contributed by atoms with Crippen LogP contribution in [0.3, 0.4) is 0 Å². The topological polar surface area (TPSA) is 88.2 Å². The van der Waals surface area contributed by atoms with E-state index in [4.69, 9.17) is 0 Å². The Bertz CT molecular complexity index is 1190. The number of nitrogens with one attached hydrogen (secondary N) is 2. The number of nitrogens with zero attached hydrogens (tertiary/aromatic N) is 1. The van der Waals surface area contributed by atoms with Crippen LogP contribution in [0, 0.1) is 12.7 Å². The van der Waals surface area contributed by atoms with E-state index in [2.05, 4.69) is 21.9 Å². The van der Waals surface area contributed by atoms with Gasteiger partial charge in [-0.2, -0.15) is 0 Å². The minimum atomic E-state index is -3.79. The van der Waals surface area contributed by atoms with Crippen LogP contribution in [0.2, 0.25) is 0 Å². The third-order valence-corrected chi connectivity index (χ3v) is 7.42. The number of benzene rings is 2. The number of carbonyl (C=O) groups is 1. The number of halogens is 1. The first-order valence-corrected chi connectivity index (χ1v) is 12.7. The Kier molecular flexibility index (Phi) is 8.11. The lowest BCUT2D eigenvalue weighted by Gasteiger charge is -2.09. The Morgan fingerprint density at radius 3 is 2.53 bits per heavy atom. The summed E-state index contributed by atoms with van der Waals surface area (Å²) < 4.78 is 41.1. The number of aromatic nitrogens is 1. The third-order valence-electron chi connectivity index (χ3n) is 4.81. The van der Waals surface area contributed by atoms with E-state index >= 15 is 0 Å². The number of hydrogen-bond donors (Lipinski definition) is 2. The van der Waals surface area contributed by atoms with Crippen molar-refractivity contribution in [3.63, 3.8) is 0 Å². The van der Waals surface area contributed by atoms with Crippen LogP contribution in [0.5, 0.6) is 0 Å². The number of thiazole rings is 1. The van der Waals surface area contributed by atoms with E-state index in [0.717, 1.165) is 24.3 Å². The minimum absolute atomic E-state index is 0.0217. The summed E-state index contributed by atoms with van der Waals surface area (Å²) in [5.74, 6) is -0.645. The van der Waals surface area contributed by atoms with Gasteiger partial charge >= 0.3 is 0 Å². The number of carbonyl (C=O) groups excluding carboxylic acids is 1. The first kappa shape index (κ1) is 24.0. The van der Waals surface area contributed by atoms with Crippen LogP contribution in [0.15, 0.2) is 53.4 Å². The molecule has 0 radical (unpaired) electrons. The van der Waals surface area contributed by atoms with Gasteiger partial charge in [0.25, 0.3) is 5.91 Å². The lowest BCUT2D eigenvalue weighted by atomic mass is 10.2. The number of hydrogen-bond acceptors (Lipinski definition) is 5. The van der Waals surface area contributed by atoms with Crippen molar-refractivity contribution in [2.75, 3.05) is 0 Å². The van der Waals surface area contributed by atoms with Gasteiger partial charge in [0.15, 0.2) is 0 Å². The van der Waals surface area contributed by atoms with Crippen LogP contribution in [0.25, 0.3) is 0 Å². The molecule has 0 unspecified atom stereocenters. The van der Waals surface area contributed by atoms with Crippen molar-refractivity contribution in [2.24, 2.45) is 0 Å². The summed E-state index contributed by atoms with van der Waals surface area (Å²) in [4.78, 5) is 17.7. The van der Waals surface area contributed by atoms with Crippen LogP contribution in [0.4, 0.5) is 4.39 Å². The molecule has 2 aromatic carbocycles. The predicted molar refractivity (Wildman–Crippen MR) is 124 cm³/mol. The summed E-state index contributed by atoms with van der Waals surface area (Å²) in [7, 11) is -3.79. The Morgan fingerprint density at radius 2 is 1.81 bits per heavy atom. The van der Waals surface area contributed by atoms with Crippen LogP contribution in [-0.4, -0.2) is 19.3 Å². The fraction of sp³-hybridized carbons (Fsp3) is 0.304. The van der Waals surface area contributed by atoms with E-state index in [1.807, 2.05) is 6.92 Å². The minimum Gasteiger partial charge on any atom is -0.347 e. The van der Waals surface area contributed by atoms with E-state index in [-0.39, 0.29) is 23.9 Å². The number of unbranched alkanes of at least 4 members (excludes halogenated alkanes) is 1. The predicted octanol–water partition coefficient (Wildman–Crippen LogP) is 4.34. The van der Waals surface area contributed by atoms with E-state index in [1.54, 1.807) is 18.2 Å². The average Bonchev–Trinajstić information content (AvgIpc) is 3.15. The van der Waals surface area contributed by atoms with Crippen molar-refractivity contribution in [3.8, 4) is 0 Å². The van der Waals surface area contributed by atoms with Gasteiger partial charge in [-0.05, 0) is 55.2 Å². The third kappa shape index (κ3) is 6.44. The molecule has 0 aliphatic rings. The summed E-state index contributed by atoms with van der Waals surface area (Å²) in [6, 6.07) is 12.1. The summed E-state index contributed by atoms with van der Waals surface area (Å²) in [6.45, 7) is 4.09. The second-order valence-electron chi connectivity index (χ2n) is 7.41. The molecule has 0 aliphatic heterocycles. The van der Waals surface area contributed by atoms with Crippen molar-refractivity contribution in [2.45, 2.75) is 51.1 Å². The second-order valence-corrected chi connectivity index (χ2v) is 10.3. The van der Waals surface area contributed by atoms with Gasteiger partial charge in [-0.3, -0.25) is 4.79 Å². The van der Waals surface area contributed by atoms with Crippen LogP contribution < -0.4 is 10.0 Å². The lowest BCUT2D eigenvalue weighted by molar-refractivity contribution is 0.0954. The van der Waals surface area contributed by atoms with Crippen LogP contribution in [-0.2, 0) is 29.5 Å². The zero-order chi connectivity index (χ0) is 23.1. The van der Waals surface area contributed by atoms with Crippen molar-refractivity contribution in [1.29, 1.82) is 0 Å². The maximum absolute atomic E-state index is 13.3. The van der Waals surface area contributed by atoms with E-state index in [0.29, 0.717) is 21.7 Å². The molecule has 0 atom stereocenters. The van der Waals surface area contributed by atoms with E-state index in [9.17, 15) is 17.6 Å². The molecule has 0 saturated heterocycles. The smallest absolute Gasteiger partial charge is 0.263 e. The van der Waals surface area contributed by atoms with E-state index < -0.39 is 15.8 Å². The largest absolute Gasteiger partial charge is 0.347 e. The molecule has 32 heavy (non-hydrogen) atoms. The van der Waals surface area contributed by atoms with Gasteiger partial charge in [0.2, 0.25) is 10.0 Å². The van der Waals surface area contributed by atoms with Gasteiger partial charge in [-0.15, -0.1) is 11.3 Å². The SMILES string of the molecule is CCCCc1nc(C)c(C(=O)NCc2cccc(S(=O)(=O)NCc3cccc(F)c3)c2)s1. The maximum atomic E-state index is 13.3. The Balaban J connectivity index is 1.63. The quantitative estimate of drug-likeness (QED) is 0.457. The molecule has 2 N–H and O–H groups in total. The van der Waals surface area contributed by atoms with Gasteiger partial charge in [0.1, 0.15) is 10.7 Å². The molecule has 9 heteroatoms. The van der Waals surface area contributed by atoms with Crippen molar-refractivity contribution in [1.82, 2.24) is 15.0 Å². The molecular formula is C23H26FN3O3S2. The average molecular weight is 476 g/mol. The molecule has 1 heterocycles. The maximum Gasteiger partial charge on any atom is 0.263 e. The second kappa shape index (κ2) is 10.8. The Hall–Kier alpha value is -2.62. The van der Waals surface area contributed by atoms with Crippen LogP contribution >= 0.6 is 11.3 Å². The summed E-state index contributed by atoms with van der Waals surface area (Å²) in [5, 5.41) is 3.79. The fourth-order valence-corrected chi connectivity index (χ4v) is 5.20. The highest BCUT2D eigenvalue weighted by atomic mass is 32.2. The van der Waals surface area contributed by atoms with E-state index in [1.165, 1.54) is 41.7 Å². The first-order chi connectivity index (χ1) is 15.3. The number of rotatable bonds is 10. The Morgan fingerprint density at radius 1 is 1.09 bits per heavy atom.